The summed E-state index contributed by atoms with van der Waals surface area (Å²) in [4.78, 5) is 14.4. The van der Waals surface area contributed by atoms with Gasteiger partial charge in [-0.1, -0.05) is 0 Å². The van der Waals surface area contributed by atoms with Crippen LogP contribution in [0.3, 0.4) is 0 Å². The first kappa shape index (κ1) is 13.2. The van der Waals surface area contributed by atoms with E-state index in [1.165, 1.54) is 27.2 Å². The van der Waals surface area contributed by atoms with Gasteiger partial charge in [-0.15, -0.1) is 16.4 Å². The number of rotatable bonds is 4. The van der Waals surface area contributed by atoms with E-state index in [-0.39, 0.29) is 11.8 Å². The molecule has 1 atom stereocenters. The topological polar surface area (TPSA) is 87.7 Å². The molecule has 0 bridgehead atoms. The fourth-order valence-electron chi connectivity index (χ4n) is 1.62. The third kappa shape index (κ3) is 2.77. The average molecular weight is 276 g/mol. The first-order valence-corrected chi connectivity index (χ1v) is 6.47. The smallest absolute Gasteiger partial charge is 0.265 e. The van der Waals surface area contributed by atoms with Crippen molar-refractivity contribution in [2.45, 2.75) is 6.92 Å². The van der Waals surface area contributed by atoms with Gasteiger partial charge in [0, 0.05) is 13.6 Å². The Kier molecular flexibility index (Phi) is 3.87. The van der Waals surface area contributed by atoms with Crippen molar-refractivity contribution in [1.29, 1.82) is 5.26 Å². The van der Waals surface area contributed by atoms with Gasteiger partial charge in [-0.2, -0.15) is 9.94 Å². The standard InChI is InChI=1S/C11H12N6OS/c1-8(5-12)6-16(2)11(18)10-9(3-4-19-10)17-7-13-14-15-17/h3-4,7-8H,6H2,1-2H3/t8-/m0/s1. The van der Waals surface area contributed by atoms with E-state index >= 15 is 0 Å². The van der Waals surface area contributed by atoms with E-state index < -0.39 is 0 Å². The number of nitriles is 1. The van der Waals surface area contributed by atoms with Crippen molar-refractivity contribution in [3.63, 3.8) is 0 Å². The molecule has 0 aliphatic carbocycles. The Morgan fingerprint density at radius 1 is 1.68 bits per heavy atom. The number of nitrogens with zero attached hydrogens (tertiary/aromatic N) is 6. The zero-order valence-electron chi connectivity index (χ0n) is 10.5. The maximum Gasteiger partial charge on any atom is 0.265 e. The molecule has 98 valence electrons. The van der Waals surface area contributed by atoms with Crippen LogP contribution in [0.5, 0.6) is 0 Å². The summed E-state index contributed by atoms with van der Waals surface area (Å²) in [6.07, 6.45) is 1.44. The van der Waals surface area contributed by atoms with Crippen LogP contribution in [-0.2, 0) is 0 Å². The van der Waals surface area contributed by atoms with E-state index in [1.807, 2.05) is 5.38 Å². The maximum absolute atomic E-state index is 12.3. The molecule has 0 saturated heterocycles. The van der Waals surface area contributed by atoms with Gasteiger partial charge in [0.25, 0.3) is 5.91 Å². The van der Waals surface area contributed by atoms with Gasteiger partial charge in [-0.05, 0) is 28.8 Å². The normalized spacial score (nSPS) is 11.8. The van der Waals surface area contributed by atoms with Crippen LogP contribution < -0.4 is 0 Å². The number of carbonyl (C=O) groups excluding carboxylic acids is 1. The van der Waals surface area contributed by atoms with Crippen molar-refractivity contribution in [3.05, 3.63) is 22.7 Å². The van der Waals surface area contributed by atoms with Crippen LogP contribution in [0, 0.1) is 17.2 Å². The lowest BCUT2D eigenvalue weighted by Crippen LogP contribution is -2.30. The van der Waals surface area contributed by atoms with E-state index in [9.17, 15) is 4.79 Å². The van der Waals surface area contributed by atoms with Gasteiger partial charge >= 0.3 is 0 Å². The molecule has 0 N–H and O–H groups in total. The molecule has 7 nitrogen and oxygen atoms in total. The van der Waals surface area contributed by atoms with Crippen molar-refractivity contribution in [1.82, 2.24) is 25.1 Å². The maximum atomic E-state index is 12.3. The third-order valence-electron chi connectivity index (χ3n) is 2.55. The second-order valence-electron chi connectivity index (χ2n) is 4.11. The first-order valence-electron chi connectivity index (χ1n) is 5.59. The Bertz CT molecular complexity index is 599. The fraction of sp³-hybridized carbons (Fsp3) is 0.364. The summed E-state index contributed by atoms with van der Waals surface area (Å²) >= 11 is 1.33. The van der Waals surface area contributed by atoms with Gasteiger partial charge < -0.3 is 4.90 Å². The summed E-state index contributed by atoms with van der Waals surface area (Å²) in [5, 5.41) is 21.5. The van der Waals surface area contributed by atoms with Gasteiger partial charge in [0.05, 0.1) is 17.7 Å². The summed E-state index contributed by atoms with van der Waals surface area (Å²) in [6, 6.07) is 3.90. The summed E-state index contributed by atoms with van der Waals surface area (Å²) < 4.78 is 1.45. The molecule has 1 amide bonds. The van der Waals surface area contributed by atoms with Gasteiger partial charge in [0.1, 0.15) is 11.2 Å². The molecule has 0 aliphatic heterocycles. The monoisotopic (exact) mass is 276 g/mol. The van der Waals surface area contributed by atoms with E-state index in [0.717, 1.165) is 0 Å². The predicted octanol–water partition coefficient (Wildman–Crippen LogP) is 0.955. The number of carbonyl (C=O) groups is 1. The van der Waals surface area contributed by atoms with Crippen LogP contribution >= 0.6 is 11.3 Å². The molecule has 0 aromatic carbocycles. The summed E-state index contributed by atoms with van der Waals surface area (Å²) in [6.45, 7) is 2.17. The third-order valence-corrected chi connectivity index (χ3v) is 3.44. The van der Waals surface area contributed by atoms with Crippen molar-refractivity contribution in [2.75, 3.05) is 13.6 Å². The van der Waals surface area contributed by atoms with Gasteiger partial charge in [-0.3, -0.25) is 4.79 Å². The Balaban J connectivity index is 2.21. The molecule has 2 aromatic rings. The molecule has 0 fully saturated rings. The Morgan fingerprint density at radius 3 is 3.11 bits per heavy atom. The predicted molar refractivity (Wildman–Crippen MR) is 68.8 cm³/mol. The molecule has 0 unspecified atom stereocenters. The van der Waals surface area contributed by atoms with Crippen LogP contribution in [-0.4, -0.2) is 44.6 Å². The molecule has 0 spiro atoms. The Hall–Kier alpha value is -2.27. The SMILES string of the molecule is C[C@@H](C#N)CN(C)C(=O)c1sccc1-n1cnnn1. The molecule has 2 aromatic heterocycles. The number of hydrogen-bond donors (Lipinski definition) is 0. The highest BCUT2D eigenvalue weighted by Crippen LogP contribution is 2.21. The van der Waals surface area contributed by atoms with Gasteiger partial charge in [-0.25, -0.2) is 0 Å². The molecule has 19 heavy (non-hydrogen) atoms. The van der Waals surface area contributed by atoms with Crippen LogP contribution in [0.25, 0.3) is 5.69 Å². The molecule has 0 radical (unpaired) electrons. The van der Waals surface area contributed by atoms with E-state index in [0.29, 0.717) is 17.1 Å². The molecular weight excluding hydrogens is 264 g/mol. The first-order chi connectivity index (χ1) is 9.13. The van der Waals surface area contributed by atoms with Crippen LogP contribution in [0.15, 0.2) is 17.8 Å². The van der Waals surface area contributed by atoms with Crippen molar-refractivity contribution < 1.29 is 4.79 Å². The summed E-state index contributed by atoms with van der Waals surface area (Å²) in [5.74, 6) is -0.340. The van der Waals surface area contributed by atoms with E-state index in [4.69, 9.17) is 5.26 Å². The highest BCUT2D eigenvalue weighted by atomic mass is 32.1. The zero-order chi connectivity index (χ0) is 13.8. The second-order valence-corrected chi connectivity index (χ2v) is 5.02. The Labute approximate surface area is 114 Å². The van der Waals surface area contributed by atoms with Crippen molar-refractivity contribution >= 4 is 17.2 Å². The van der Waals surface area contributed by atoms with E-state index in [2.05, 4.69) is 21.6 Å². The second kappa shape index (κ2) is 5.58. The summed E-state index contributed by atoms with van der Waals surface area (Å²) in [7, 11) is 1.68. The molecule has 0 saturated carbocycles. The quantitative estimate of drug-likeness (QED) is 0.829. The van der Waals surface area contributed by atoms with Gasteiger partial charge in [0.2, 0.25) is 0 Å². The number of thiophene rings is 1. The highest BCUT2D eigenvalue weighted by Gasteiger charge is 2.20. The minimum Gasteiger partial charge on any atom is -0.340 e. The van der Waals surface area contributed by atoms with Crippen molar-refractivity contribution in [2.24, 2.45) is 5.92 Å². The lowest BCUT2D eigenvalue weighted by Gasteiger charge is -2.18. The minimum absolute atomic E-state index is 0.136. The highest BCUT2D eigenvalue weighted by molar-refractivity contribution is 7.12. The van der Waals surface area contributed by atoms with Gasteiger partial charge in [0.15, 0.2) is 0 Å². The lowest BCUT2D eigenvalue weighted by molar-refractivity contribution is 0.0789. The summed E-state index contributed by atoms with van der Waals surface area (Å²) in [5.41, 5.74) is 0.650. The molecule has 2 heterocycles. The number of tetrazole rings is 1. The molecular formula is C11H12N6OS. The molecule has 2 rings (SSSR count). The molecule has 8 heteroatoms. The van der Waals surface area contributed by atoms with E-state index in [1.54, 1.807) is 20.0 Å². The lowest BCUT2D eigenvalue weighted by atomic mass is 10.2. The van der Waals surface area contributed by atoms with Crippen LogP contribution in [0.4, 0.5) is 0 Å². The fourth-order valence-corrected chi connectivity index (χ4v) is 2.49. The van der Waals surface area contributed by atoms with Crippen LogP contribution in [0.1, 0.15) is 16.6 Å². The number of aromatic nitrogens is 4. The zero-order valence-corrected chi connectivity index (χ0v) is 11.3. The largest absolute Gasteiger partial charge is 0.340 e. The molecule has 0 aliphatic rings. The average Bonchev–Trinajstić information content (AvgIpc) is 3.07. The minimum atomic E-state index is -0.203. The number of amides is 1. The van der Waals surface area contributed by atoms with Crippen LogP contribution in [0.2, 0.25) is 0 Å². The number of hydrogen-bond acceptors (Lipinski definition) is 6. The Morgan fingerprint density at radius 2 is 2.47 bits per heavy atom. The van der Waals surface area contributed by atoms with Crippen molar-refractivity contribution in [3.8, 4) is 11.8 Å².